The largest absolute Gasteiger partial charge is 0.246 e. The second-order valence-electron chi connectivity index (χ2n) is 11.6. The SMILES string of the molecule is c1ccc(-c2cccc(-c3cc(-c4ccccc4)nc(-c4ccc(-c5c6ccccc6nc6c5sc5ccccc56)cc4)n3)c2)cc1. The molecular weight excluding hydrogens is 591 g/mol. The number of nitrogens with zero attached hydrogens (tertiary/aromatic N) is 3. The molecule has 6 aromatic carbocycles. The molecule has 0 N–H and O–H groups in total. The molecule has 0 saturated carbocycles. The first kappa shape index (κ1) is 27.3. The Morgan fingerprint density at radius 1 is 0.383 bits per heavy atom. The molecule has 0 spiro atoms. The average Bonchev–Trinajstić information content (AvgIpc) is 3.52. The minimum absolute atomic E-state index is 0.699. The monoisotopic (exact) mass is 617 g/mol. The van der Waals surface area contributed by atoms with Gasteiger partial charge in [0.1, 0.15) is 0 Å². The number of hydrogen-bond acceptors (Lipinski definition) is 4. The van der Waals surface area contributed by atoms with Crippen molar-refractivity contribution in [1.82, 2.24) is 15.0 Å². The van der Waals surface area contributed by atoms with E-state index < -0.39 is 0 Å². The van der Waals surface area contributed by atoms with Crippen molar-refractivity contribution in [1.29, 1.82) is 0 Å². The van der Waals surface area contributed by atoms with Crippen LogP contribution in [0.4, 0.5) is 0 Å². The third-order valence-electron chi connectivity index (χ3n) is 8.69. The lowest BCUT2D eigenvalue weighted by Gasteiger charge is -2.12. The summed E-state index contributed by atoms with van der Waals surface area (Å²) in [5.41, 5.74) is 11.6. The summed E-state index contributed by atoms with van der Waals surface area (Å²) in [5.74, 6) is 0.699. The molecule has 47 heavy (non-hydrogen) atoms. The van der Waals surface area contributed by atoms with E-state index in [0.717, 1.165) is 55.6 Å². The van der Waals surface area contributed by atoms with Crippen molar-refractivity contribution in [2.24, 2.45) is 0 Å². The van der Waals surface area contributed by atoms with Crippen molar-refractivity contribution in [3.63, 3.8) is 0 Å². The van der Waals surface area contributed by atoms with Crippen molar-refractivity contribution in [3.8, 4) is 56.2 Å². The van der Waals surface area contributed by atoms with Gasteiger partial charge in [0.25, 0.3) is 0 Å². The summed E-state index contributed by atoms with van der Waals surface area (Å²) >= 11 is 1.81. The summed E-state index contributed by atoms with van der Waals surface area (Å²) < 4.78 is 2.46. The number of rotatable bonds is 5. The Morgan fingerprint density at radius 3 is 1.77 bits per heavy atom. The number of thiophene rings is 1. The van der Waals surface area contributed by atoms with E-state index in [1.807, 2.05) is 23.5 Å². The zero-order valence-electron chi connectivity index (χ0n) is 25.3. The Labute approximate surface area is 276 Å². The molecule has 0 radical (unpaired) electrons. The Bertz CT molecular complexity index is 2550. The van der Waals surface area contributed by atoms with E-state index in [2.05, 4.69) is 152 Å². The van der Waals surface area contributed by atoms with E-state index in [1.54, 1.807) is 0 Å². The normalized spacial score (nSPS) is 11.4. The third kappa shape index (κ3) is 4.96. The molecule has 0 atom stereocenters. The first-order chi connectivity index (χ1) is 23.3. The number of fused-ring (bicyclic) bond motifs is 4. The summed E-state index contributed by atoms with van der Waals surface area (Å²) in [6, 6.07) is 57.2. The Balaban J connectivity index is 1.19. The maximum Gasteiger partial charge on any atom is 0.160 e. The van der Waals surface area contributed by atoms with Gasteiger partial charge in [-0.2, -0.15) is 0 Å². The summed E-state index contributed by atoms with van der Waals surface area (Å²) in [6.45, 7) is 0. The molecule has 0 aliphatic rings. The van der Waals surface area contributed by atoms with Gasteiger partial charge in [-0.15, -0.1) is 11.3 Å². The first-order valence-electron chi connectivity index (χ1n) is 15.7. The molecule has 3 heterocycles. The van der Waals surface area contributed by atoms with Gasteiger partial charge in [0.05, 0.1) is 27.1 Å². The van der Waals surface area contributed by atoms with Crippen molar-refractivity contribution in [3.05, 3.63) is 164 Å². The van der Waals surface area contributed by atoms with Crippen LogP contribution in [0.1, 0.15) is 0 Å². The van der Waals surface area contributed by atoms with Gasteiger partial charge < -0.3 is 0 Å². The van der Waals surface area contributed by atoms with E-state index >= 15 is 0 Å². The fourth-order valence-corrected chi connectivity index (χ4v) is 7.60. The first-order valence-corrected chi connectivity index (χ1v) is 16.5. The van der Waals surface area contributed by atoms with Crippen molar-refractivity contribution in [2.45, 2.75) is 0 Å². The maximum absolute atomic E-state index is 5.15. The topological polar surface area (TPSA) is 38.7 Å². The van der Waals surface area contributed by atoms with Gasteiger partial charge in [-0.25, -0.2) is 15.0 Å². The van der Waals surface area contributed by atoms with Gasteiger partial charge >= 0.3 is 0 Å². The van der Waals surface area contributed by atoms with Crippen molar-refractivity contribution < 1.29 is 0 Å². The second kappa shape index (κ2) is 11.4. The van der Waals surface area contributed by atoms with Crippen LogP contribution in [0.15, 0.2) is 164 Å². The summed E-state index contributed by atoms with van der Waals surface area (Å²) in [5, 5.41) is 2.35. The lowest BCUT2D eigenvalue weighted by Crippen LogP contribution is -1.96. The number of para-hydroxylation sites is 1. The van der Waals surface area contributed by atoms with Crippen LogP contribution in [0, 0.1) is 0 Å². The van der Waals surface area contributed by atoms with Crippen LogP contribution in [-0.4, -0.2) is 15.0 Å². The quantitative estimate of drug-likeness (QED) is 0.193. The van der Waals surface area contributed by atoms with E-state index in [9.17, 15) is 0 Å². The molecule has 0 amide bonds. The van der Waals surface area contributed by atoms with Gasteiger partial charge in [0, 0.05) is 37.7 Å². The average molecular weight is 618 g/mol. The zero-order chi connectivity index (χ0) is 31.2. The van der Waals surface area contributed by atoms with Crippen molar-refractivity contribution in [2.75, 3.05) is 0 Å². The molecule has 220 valence electrons. The minimum Gasteiger partial charge on any atom is -0.246 e. The molecule has 0 saturated heterocycles. The minimum atomic E-state index is 0.699. The van der Waals surface area contributed by atoms with Gasteiger partial charge in [-0.3, -0.25) is 0 Å². The Kier molecular flexibility index (Phi) is 6.65. The number of benzene rings is 6. The van der Waals surface area contributed by atoms with E-state index in [1.165, 1.54) is 25.9 Å². The standard InChI is InChI=1S/C43H27N3S/c1-3-12-28(13-4-1)32-16-11-17-33(26-32)38-27-37(29-14-5-2-6-15-29)45-43(46-38)31-24-22-30(23-25-31)40-34-18-7-9-20-36(34)44-41-35-19-8-10-21-39(35)47-42(40)41/h1-27H. The molecule has 0 bridgehead atoms. The van der Waals surface area contributed by atoms with Crippen LogP contribution in [0.3, 0.4) is 0 Å². The highest BCUT2D eigenvalue weighted by atomic mass is 32.1. The van der Waals surface area contributed by atoms with Gasteiger partial charge in [0.15, 0.2) is 5.82 Å². The van der Waals surface area contributed by atoms with Crippen LogP contribution >= 0.6 is 11.3 Å². The predicted molar refractivity (Wildman–Crippen MR) is 197 cm³/mol. The van der Waals surface area contributed by atoms with Crippen LogP contribution < -0.4 is 0 Å². The lowest BCUT2D eigenvalue weighted by molar-refractivity contribution is 1.18. The molecule has 0 aliphatic heterocycles. The van der Waals surface area contributed by atoms with Crippen LogP contribution in [0.2, 0.25) is 0 Å². The highest BCUT2D eigenvalue weighted by Gasteiger charge is 2.17. The summed E-state index contributed by atoms with van der Waals surface area (Å²) in [4.78, 5) is 15.3. The van der Waals surface area contributed by atoms with E-state index in [0.29, 0.717) is 5.82 Å². The smallest absolute Gasteiger partial charge is 0.160 e. The zero-order valence-corrected chi connectivity index (χ0v) is 26.2. The van der Waals surface area contributed by atoms with Crippen molar-refractivity contribution >= 4 is 42.5 Å². The molecule has 0 aliphatic carbocycles. The third-order valence-corrected chi connectivity index (χ3v) is 9.87. The molecular formula is C43H27N3S. The lowest BCUT2D eigenvalue weighted by atomic mass is 9.98. The van der Waals surface area contributed by atoms with Crippen LogP contribution in [0.5, 0.6) is 0 Å². The molecule has 0 unspecified atom stereocenters. The molecule has 4 heteroatoms. The highest BCUT2D eigenvalue weighted by molar-refractivity contribution is 7.26. The molecule has 9 aromatic rings. The predicted octanol–water partition coefficient (Wildman–Crippen LogP) is 11.7. The number of pyridine rings is 1. The van der Waals surface area contributed by atoms with E-state index in [4.69, 9.17) is 15.0 Å². The summed E-state index contributed by atoms with van der Waals surface area (Å²) in [6.07, 6.45) is 0. The summed E-state index contributed by atoms with van der Waals surface area (Å²) in [7, 11) is 0. The molecule has 3 nitrogen and oxygen atoms in total. The van der Waals surface area contributed by atoms with Crippen LogP contribution in [0.25, 0.3) is 87.4 Å². The fraction of sp³-hybridized carbons (Fsp3) is 0. The second-order valence-corrected chi connectivity index (χ2v) is 12.7. The van der Waals surface area contributed by atoms with E-state index in [-0.39, 0.29) is 0 Å². The number of hydrogen-bond donors (Lipinski definition) is 0. The molecule has 0 fully saturated rings. The number of aromatic nitrogens is 3. The Morgan fingerprint density at radius 2 is 0.979 bits per heavy atom. The maximum atomic E-state index is 5.15. The fourth-order valence-electron chi connectivity index (χ4n) is 6.38. The Hall–Kier alpha value is -5.97. The van der Waals surface area contributed by atoms with Crippen LogP contribution in [-0.2, 0) is 0 Å². The van der Waals surface area contributed by atoms with Gasteiger partial charge in [-0.05, 0) is 41.0 Å². The highest BCUT2D eigenvalue weighted by Crippen LogP contribution is 2.43. The molecule has 3 aromatic heterocycles. The van der Waals surface area contributed by atoms with Gasteiger partial charge in [-0.1, -0.05) is 140 Å². The molecule has 9 rings (SSSR count). The van der Waals surface area contributed by atoms with Gasteiger partial charge in [0.2, 0.25) is 0 Å².